The lowest BCUT2D eigenvalue weighted by Crippen LogP contribution is -2.39. The number of ether oxygens (including phenoxy) is 1. The lowest BCUT2D eigenvalue weighted by Gasteiger charge is -2.24. The number of hydrogen-bond donors (Lipinski definition) is 0. The van der Waals surface area contributed by atoms with Gasteiger partial charge in [0.2, 0.25) is 5.91 Å². The van der Waals surface area contributed by atoms with E-state index in [1.54, 1.807) is 20.8 Å². The molecular formula is C21H22FNO3. The largest absolute Gasteiger partial charge is 0.443 e. The minimum absolute atomic E-state index is 0.370. The molecule has 2 aromatic rings. The van der Waals surface area contributed by atoms with Crippen LogP contribution in [0, 0.1) is 19.7 Å². The summed E-state index contributed by atoms with van der Waals surface area (Å²) in [5.41, 5.74) is 2.85. The zero-order valence-electron chi connectivity index (χ0n) is 15.6. The Morgan fingerprint density at radius 2 is 1.69 bits per heavy atom. The highest BCUT2D eigenvalue weighted by Crippen LogP contribution is 2.42. The second-order valence-corrected chi connectivity index (χ2v) is 7.71. The fourth-order valence-electron chi connectivity index (χ4n) is 3.34. The third kappa shape index (κ3) is 3.34. The first kappa shape index (κ1) is 18.1. The molecule has 0 radical (unpaired) electrons. The lowest BCUT2D eigenvalue weighted by atomic mass is 9.90. The maximum Gasteiger partial charge on any atom is 0.421 e. The number of anilines is 1. The van der Waals surface area contributed by atoms with Crippen molar-refractivity contribution >= 4 is 17.7 Å². The van der Waals surface area contributed by atoms with Crippen LogP contribution in [0.4, 0.5) is 14.9 Å². The van der Waals surface area contributed by atoms with Crippen LogP contribution in [-0.4, -0.2) is 17.6 Å². The van der Waals surface area contributed by atoms with Crippen LogP contribution in [0.1, 0.15) is 48.9 Å². The molecule has 5 heteroatoms. The standard InChI is InChI=1S/C21H22FNO3/c1-12-8-13(2)10-14(9-12)18-16-11-15(22)6-7-17(16)23(19(18)24)20(25)26-21(3,4)5/h6-11,18H,1-5H3. The van der Waals surface area contributed by atoms with Gasteiger partial charge in [0.15, 0.2) is 0 Å². The van der Waals surface area contributed by atoms with Gasteiger partial charge < -0.3 is 4.74 Å². The Labute approximate surface area is 152 Å². The summed E-state index contributed by atoms with van der Waals surface area (Å²) in [5.74, 6) is -1.60. The van der Waals surface area contributed by atoms with Gasteiger partial charge in [0.1, 0.15) is 11.4 Å². The predicted octanol–water partition coefficient (Wildman–Crippen LogP) is 4.86. The highest BCUT2D eigenvalue weighted by Gasteiger charge is 2.43. The highest BCUT2D eigenvalue weighted by atomic mass is 19.1. The topological polar surface area (TPSA) is 46.6 Å². The van der Waals surface area contributed by atoms with Crippen LogP contribution in [0.25, 0.3) is 0 Å². The molecule has 1 heterocycles. The Balaban J connectivity index is 2.12. The fraction of sp³-hybridized carbons (Fsp3) is 0.333. The number of nitrogens with zero attached hydrogens (tertiary/aromatic N) is 1. The van der Waals surface area contributed by atoms with E-state index in [2.05, 4.69) is 0 Å². The van der Waals surface area contributed by atoms with Gasteiger partial charge in [0.25, 0.3) is 0 Å². The van der Waals surface area contributed by atoms with Crippen molar-refractivity contribution in [2.45, 2.75) is 46.1 Å². The Morgan fingerprint density at radius 1 is 1.08 bits per heavy atom. The van der Waals surface area contributed by atoms with Crippen LogP contribution in [0.5, 0.6) is 0 Å². The number of carbonyl (C=O) groups is 2. The fourth-order valence-corrected chi connectivity index (χ4v) is 3.34. The van der Waals surface area contributed by atoms with Crippen LogP contribution in [0.3, 0.4) is 0 Å². The van der Waals surface area contributed by atoms with E-state index in [1.165, 1.54) is 18.2 Å². The summed E-state index contributed by atoms with van der Waals surface area (Å²) in [6, 6.07) is 9.80. The Hall–Kier alpha value is -2.69. The SMILES string of the molecule is Cc1cc(C)cc(C2C(=O)N(C(=O)OC(C)(C)C)c3ccc(F)cc32)c1. The molecular weight excluding hydrogens is 333 g/mol. The van der Waals surface area contributed by atoms with Crippen LogP contribution >= 0.6 is 0 Å². The van der Waals surface area contributed by atoms with E-state index < -0.39 is 29.3 Å². The number of imide groups is 1. The van der Waals surface area contributed by atoms with Crippen LogP contribution in [-0.2, 0) is 9.53 Å². The number of fused-ring (bicyclic) bond motifs is 1. The molecule has 1 aliphatic heterocycles. The van der Waals surface area contributed by atoms with Gasteiger partial charge in [-0.25, -0.2) is 14.1 Å². The molecule has 1 atom stereocenters. The molecule has 0 N–H and O–H groups in total. The lowest BCUT2D eigenvalue weighted by molar-refractivity contribution is -0.118. The van der Waals surface area contributed by atoms with Crippen LogP contribution < -0.4 is 4.90 Å². The zero-order chi connectivity index (χ0) is 19.2. The Bertz CT molecular complexity index is 878. The van der Waals surface area contributed by atoms with Crippen molar-refractivity contribution in [3.8, 4) is 0 Å². The first-order valence-corrected chi connectivity index (χ1v) is 8.51. The van der Waals surface area contributed by atoms with E-state index in [4.69, 9.17) is 4.74 Å². The average Bonchev–Trinajstić information content (AvgIpc) is 2.75. The smallest absolute Gasteiger partial charge is 0.421 e. The third-order valence-corrected chi connectivity index (χ3v) is 4.16. The molecule has 0 fully saturated rings. The van der Waals surface area contributed by atoms with E-state index in [1.807, 2.05) is 32.0 Å². The van der Waals surface area contributed by atoms with E-state index in [0.29, 0.717) is 11.3 Å². The number of benzene rings is 2. The minimum Gasteiger partial charge on any atom is -0.443 e. The highest BCUT2D eigenvalue weighted by molar-refractivity contribution is 6.20. The summed E-state index contributed by atoms with van der Waals surface area (Å²) in [6.45, 7) is 9.08. The summed E-state index contributed by atoms with van der Waals surface area (Å²) in [4.78, 5) is 26.8. The van der Waals surface area contributed by atoms with Crippen LogP contribution in [0.2, 0.25) is 0 Å². The summed E-state index contributed by atoms with van der Waals surface area (Å²) in [7, 11) is 0. The van der Waals surface area contributed by atoms with Crippen molar-refractivity contribution < 1.29 is 18.7 Å². The van der Waals surface area contributed by atoms with Gasteiger partial charge in [-0.05, 0) is 63.9 Å². The molecule has 4 nitrogen and oxygen atoms in total. The minimum atomic E-state index is -0.748. The third-order valence-electron chi connectivity index (χ3n) is 4.16. The van der Waals surface area contributed by atoms with Gasteiger partial charge in [0, 0.05) is 0 Å². The van der Waals surface area contributed by atoms with E-state index in [0.717, 1.165) is 21.6 Å². The van der Waals surface area contributed by atoms with Gasteiger partial charge in [-0.1, -0.05) is 29.3 Å². The first-order valence-electron chi connectivity index (χ1n) is 8.51. The number of halogens is 1. The van der Waals surface area contributed by atoms with Crippen molar-refractivity contribution in [3.63, 3.8) is 0 Å². The monoisotopic (exact) mass is 355 g/mol. The molecule has 0 aliphatic carbocycles. The van der Waals surface area contributed by atoms with Gasteiger partial charge in [0.05, 0.1) is 11.6 Å². The van der Waals surface area contributed by atoms with E-state index >= 15 is 0 Å². The molecule has 1 aliphatic rings. The maximum absolute atomic E-state index is 13.9. The summed E-state index contributed by atoms with van der Waals surface area (Å²) in [6.07, 6.45) is -0.748. The van der Waals surface area contributed by atoms with E-state index in [-0.39, 0.29) is 0 Å². The molecule has 136 valence electrons. The number of aryl methyl sites for hydroxylation is 2. The van der Waals surface area contributed by atoms with Crippen molar-refractivity contribution in [2.24, 2.45) is 0 Å². The molecule has 0 bridgehead atoms. The molecule has 2 amide bonds. The van der Waals surface area contributed by atoms with Gasteiger partial charge >= 0.3 is 6.09 Å². The van der Waals surface area contributed by atoms with Crippen LogP contribution in [0.15, 0.2) is 36.4 Å². The zero-order valence-corrected chi connectivity index (χ0v) is 15.6. The molecule has 0 spiro atoms. The molecule has 2 aromatic carbocycles. The number of carbonyl (C=O) groups excluding carboxylic acids is 2. The van der Waals surface area contributed by atoms with Crippen molar-refractivity contribution in [1.29, 1.82) is 0 Å². The Morgan fingerprint density at radius 3 is 2.27 bits per heavy atom. The maximum atomic E-state index is 13.9. The number of hydrogen-bond acceptors (Lipinski definition) is 3. The van der Waals surface area contributed by atoms with Crippen molar-refractivity contribution in [1.82, 2.24) is 0 Å². The second kappa shape index (κ2) is 6.24. The normalized spacial score (nSPS) is 16.6. The summed E-state index contributed by atoms with van der Waals surface area (Å²) < 4.78 is 19.3. The molecule has 1 unspecified atom stereocenters. The van der Waals surface area contributed by atoms with Crippen molar-refractivity contribution in [3.05, 3.63) is 64.5 Å². The molecule has 0 saturated carbocycles. The Kier molecular flexibility index (Phi) is 4.34. The summed E-state index contributed by atoms with van der Waals surface area (Å²) >= 11 is 0. The second-order valence-electron chi connectivity index (χ2n) is 7.71. The molecule has 0 saturated heterocycles. The average molecular weight is 355 g/mol. The number of rotatable bonds is 1. The predicted molar refractivity (Wildman–Crippen MR) is 97.9 cm³/mol. The van der Waals surface area contributed by atoms with Crippen molar-refractivity contribution in [2.75, 3.05) is 4.90 Å². The van der Waals surface area contributed by atoms with Gasteiger partial charge in [-0.3, -0.25) is 4.79 Å². The van der Waals surface area contributed by atoms with Gasteiger partial charge in [-0.15, -0.1) is 0 Å². The quantitative estimate of drug-likeness (QED) is 0.734. The molecule has 3 rings (SSSR count). The van der Waals surface area contributed by atoms with Gasteiger partial charge in [-0.2, -0.15) is 0 Å². The summed E-state index contributed by atoms with van der Waals surface area (Å²) in [5, 5.41) is 0. The van der Waals surface area contributed by atoms with E-state index in [9.17, 15) is 14.0 Å². The first-order chi connectivity index (χ1) is 12.1. The number of amides is 2. The molecule has 0 aromatic heterocycles. The molecule has 26 heavy (non-hydrogen) atoms.